The summed E-state index contributed by atoms with van der Waals surface area (Å²) in [4.78, 5) is 34.7. The van der Waals surface area contributed by atoms with Gasteiger partial charge in [-0.3, -0.25) is 14.4 Å². The molecule has 2 N–H and O–H groups in total. The molecule has 2 rings (SSSR count). The van der Waals surface area contributed by atoms with Crippen molar-refractivity contribution < 1.29 is 23.6 Å². The van der Waals surface area contributed by atoms with E-state index >= 15 is 0 Å². The van der Waals surface area contributed by atoms with Gasteiger partial charge < -0.3 is 19.9 Å². The molecule has 23 heavy (non-hydrogen) atoms. The fraction of sp³-hybridized carbons (Fsp3) is 0.143. The maximum absolute atomic E-state index is 11.8. The molecule has 0 saturated heterocycles. The Balaban J connectivity index is 1.69. The van der Waals surface area contributed by atoms with Crippen molar-refractivity contribution in [2.24, 2.45) is 0 Å². The summed E-state index contributed by atoms with van der Waals surface area (Å²) in [5.74, 6) is -1.49. The van der Waals surface area contributed by atoms with Crippen LogP contribution in [-0.4, -0.2) is 36.1 Å². The van der Waals surface area contributed by atoms with Crippen LogP contribution in [0, 0.1) is 0 Å². The largest absolute Gasteiger partial charge is 0.454 e. The van der Waals surface area contributed by atoms with E-state index in [9.17, 15) is 14.4 Å². The Morgan fingerprint density at radius 3 is 2.57 bits per heavy atom. The summed E-state index contributed by atoms with van der Waals surface area (Å²) >= 11 is 3.26. The second-order valence-electron chi connectivity index (χ2n) is 4.28. The van der Waals surface area contributed by atoms with E-state index in [1.54, 1.807) is 24.3 Å². The minimum atomic E-state index is -0.731. The third-order valence-corrected chi connectivity index (χ3v) is 3.10. The van der Waals surface area contributed by atoms with Gasteiger partial charge in [-0.15, -0.1) is 0 Å². The molecule has 0 spiro atoms. The van der Waals surface area contributed by atoms with Gasteiger partial charge in [0.15, 0.2) is 12.4 Å². The van der Waals surface area contributed by atoms with Crippen molar-refractivity contribution in [3.05, 3.63) is 46.6 Å². The standard InChI is InChI=1S/C14H12BrN3O5/c15-10-3-1-9(2-4-10)14(21)16-7-13(20)22-8-12(19)17-11-5-6-23-18-11/h1-6H,7-8H2,(H,16,21)(H,17,18,19). The highest BCUT2D eigenvalue weighted by atomic mass is 79.9. The first kappa shape index (κ1) is 16.7. The van der Waals surface area contributed by atoms with Crippen LogP contribution in [0.25, 0.3) is 0 Å². The smallest absolute Gasteiger partial charge is 0.325 e. The first-order valence-corrected chi connectivity index (χ1v) is 7.23. The molecule has 0 aliphatic rings. The fourth-order valence-electron chi connectivity index (χ4n) is 1.51. The quantitative estimate of drug-likeness (QED) is 0.730. The lowest BCUT2D eigenvalue weighted by atomic mass is 10.2. The molecule has 8 nitrogen and oxygen atoms in total. The summed E-state index contributed by atoms with van der Waals surface area (Å²) in [6.07, 6.45) is 1.29. The number of anilines is 1. The predicted octanol–water partition coefficient (Wildman–Crippen LogP) is 1.35. The normalized spacial score (nSPS) is 9.96. The third-order valence-electron chi connectivity index (χ3n) is 2.57. The molecule has 1 aromatic carbocycles. The molecule has 0 radical (unpaired) electrons. The van der Waals surface area contributed by atoms with Gasteiger partial charge in [0.25, 0.3) is 11.8 Å². The lowest BCUT2D eigenvalue weighted by Gasteiger charge is -2.06. The number of benzene rings is 1. The Bertz CT molecular complexity index is 685. The molecule has 1 aromatic heterocycles. The second-order valence-corrected chi connectivity index (χ2v) is 5.20. The maximum atomic E-state index is 11.8. The number of rotatable bonds is 6. The SMILES string of the molecule is O=C(COC(=O)CNC(=O)c1ccc(Br)cc1)Nc1ccon1. The molecular weight excluding hydrogens is 370 g/mol. The number of carbonyl (C=O) groups is 3. The van der Waals surface area contributed by atoms with Crippen LogP contribution in [0.5, 0.6) is 0 Å². The van der Waals surface area contributed by atoms with Crippen LogP contribution in [-0.2, 0) is 14.3 Å². The number of carbonyl (C=O) groups excluding carboxylic acids is 3. The molecule has 120 valence electrons. The number of halogens is 1. The number of hydrogen-bond acceptors (Lipinski definition) is 6. The Labute approximate surface area is 139 Å². The van der Waals surface area contributed by atoms with Crippen molar-refractivity contribution in [1.82, 2.24) is 10.5 Å². The highest BCUT2D eigenvalue weighted by Gasteiger charge is 2.11. The monoisotopic (exact) mass is 381 g/mol. The van der Waals surface area contributed by atoms with Crippen LogP contribution >= 0.6 is 15.9 Å². The first-order chi connectivity index (χ1) is 11.0. The lowest BCUT2D eigenvalue weighted by molar-refractivity contribution is -0.146. The van der Waals surface area contributed by atoms with Gasteiger partial charge >= 0.3 is 5.97 Å². The average molecular weight is 382 g/mol. The van der Waals surface area contributed by atoms with Gasteiger partial charge in [-0.25, -0.2) is 0 Å². The van der Waals surface area contributed by atoms with Crippen LogP contribution in [0.3, 0.4) is 0 Å². The Hall–Kier alpha value is -2.68. The first-order valence-electron chi connectivity index (χ1n) is 6.44. The van der Waals surface area contributed by atoms with Gasteiger partial charge in [0, 0.05) is 16.1 Å². The maximum Gasteiger partial charge on any atom is 0.325 e. The van der Waals surface area contributed by atoms with Crippen LogP contribution in [0.4, 0.5) is 5.82 Å². The zero-order chi connectivity index (χ0) is 16.7. The molecule has 1 heterocycles. The van der Waals surface area contributed by atoms with E-state index in [1.165, 1.54) is 12.3 Å². The lowest BCUT2D eigenvalue weighted by Crippen LogP contribution is -2.32. The minimum absolute atomic E-state index is 0.217. The molecule has 0 fully saturated rings. The van der Waals surface area contributed by atoms with Gasteiger partial charge in [0.2, 0.25) is 0 Å². The van der Waals surface area contributed by atoms with Crippen molar-refractivity contribution in [2.45, 2.75) is 0 Å². The molecule has 0 atom stereocenters. The molecule has 2 amide bonds. The van der Waals surface area contributed by atoms with E-state index in [-0.39, 0.29) is 12.4 Å². The van der Waals surface area contributed by atoms with E-state index in [2.05, 4.69) is 36.2 Å². The van der Waals surface area contributed by atoms with Crippen LogP contribution < -0.4 is 10.6 Å². The van der Waals surface area contributed by atoms with E-state index in [0.29, 0.717) is 5.56 Å². The van der Waals surface area contributed by atoms with E-state index in [1.807, 2.05) is 0 Å². The highest BCUT2D eigenvalue weighted by Crippen LogP contribution is 2.10. The molecule has 0 unspecified atom stereocenters. The number of amides is 2. The number of aromatic nitrogens is 1. The zero-order valence-corrected chi connectivity index (χ0v) is 13.3. The number of ether oxygens (including phenoxy) is 1. The predicted molar refractivity (Wildman–Crippen MR) is 82.6 cm³/mol. The van der Waals surface area contributed by atoms with Gasteiger partial charge in [-0.2, -0.15) is 0 Å². The summed E-state index contributed by atoms with van der Waals surface area (Å²) in [5.41, 5.74) is 0.407. The van der Waals surface area contributed by atoms with Gasteiger partial charge in [-0.05, 0) is 24.3 Å². The summed E-state index contributed by atoms with van der Waals surface area (Å²) < 4.78 is 10.1. The summed E-state index contributed by atoms with van der Waals surface area (Å²) in [6, 6.07) is 8.08. The minimum Gasteiger partial charge on any atom is -0.454 e. The van der Waals surface area contributed by atoms with Gasteiger partial charge in [0.05, 0.1) is 0 Å². The molecule has 0 aliphatic heterocycles. The van der Waals surface area contributed by atoms with Crippen molar-refractivity contribution in [3.8, 4) is 0 Å². The number of nitrogens with one attached hydrogen (secondary N) is 2. The Morgan fingerprint density at radius 1 is 1.17 bits per heavy atom. The highest BCUT2D eigenvalue weighted by molar-refractivity contribution is 9.10. The zero-order valence-electron chi connectivity index (χ0n) is 11.7. The van der Waals surface area contributed by atoms with Crippen molar-refractivity contribution in [1.29, 1.82) is 0 Å². The molecule has 0 aliphatic carbocycles. The second kappa shape index (κ2) is 8.08. The fourth-order valence-corrected chi connectivity index (χ4v) is 1.77. The third kappa shape index (κ3) is 5.55. The van der Waals surface area contributed by atoms with Crippen molar-refractivity contribution in [3.63, 3.8) is 0 Å². The Kier molecular flexibility index (Phi) is 5.87. The van der Waals surface area contributed by atoms with Crippen molar-refractivity contribution >= 4 is 39.5 Å². The van der Waals surface area contributed by atoms with Crippen molar-refractivity contribution in [2.75, 3.05) is 18.5 Å². The summed E-state index contributed by atoms with van der Waals surface area (Å²) in [6.45, 7) is -0.827. The Morgan fingerprint density at radius 2 is 1.91 bits per heavy atom. The van der Waals surface area contributed by atoms with Crippen LogP contribution in [0.2, 0.25) is 0 Å². The van der Waals surface area contributed by atoms with E-state index in [0.717, 1.165) is 4.47 Å². The van der Waals surface area contributed by atoms with Crippen LogP contribution in [0.1, 0.15) is 10.4 Å². The molecular formula is C14H12BrN3O5. The molecule has 0 saturated carbocycles. The van der Waals surface area contributed by atoms with E-state index in [4.69, 9.17) is 4.74 Å². The van der Waals surface area contributed by atoms with E-state index < -0.39 is 24.4 Å². The number of hydrogen-bond donors (Lipinski definition) is 2. The molecule has 9 heteroatoms. The van der Waals surface area contributed by atoms with Gasteiger partial charge in [-0.1, -0.05) is 21.1 Å². The summed E-state index contributed by atoms with van der Waals surface area (Å²) in [5, 5.41) is 8.23. The summed E-state index contributed by atoms with van der Waals surface area (Å²) in [7, 11) is 0. The number of esters is 1. The van der Waals surface area contributed by atoms with Crippen LogP contribution in [0.15, 0.2) is 45.6 Å². The number of nitrogens with zero attached hydrogens (tertiary/aromatic N) is 1. The average Bonchev–Trinajstić information content (AvgIpc) is 3.04. The molecule has 0 bridgehead atoms. The molecule has 2 aromatic rings. The van der Waals surface area contributed by atoms with Gasteiger partial charge in [0.1, 0.15) is 12.8 Å². The topological polar surface area (TPSA) is 111 Å².